The SMILES string of the molecule is C[C@H](c1nnc(SCc2nc(C(C)(C)C)no2)n1-c1ccc(F)cc1)N1CCCCC1. The molecule has 31 heavy (non-hydrogen) atoms. The van der Waals surface area contributed by atoms with Crippen LogP contribution in [0.15, 0.2) is 33.9 Å². The van der Waals surface area contributed by atoms with Crippen molar-refractivity contribution in [3.63, 3.8) is 0 Å². The number of aromatic nitrogens is 5. The van der Waals surface area contributed by atoms with Gasteiger partial charge in [-0.05, 0) is 57.1 Å². The molecule has 0 radical (unpaired) electrons. The second-order valence-corrected chi connectivity index (χ2v) is 9.92. The molecular weight excluding hydrogens is 415 g/mol. The molecule has 166 valence electrons. The highest BCUT2D eigenvalue weighted by Crippen LogP contribution is 2.31. The van der Waals surface area contributed by atoms with Gasteiger partial charge in [-0.25, -0.2) is 4.39 Å². The van der Waals surface area contributed by atoms with Gasteiger partial charge in [0, 0.05) is 11.1 Å². The predicted octanol–water partition coefficient (Wildman–Crippen LogP) is 4.93. The summed E-state index contributed by atoms with van der Waals surface area (Å²) in [6.07, 6.45) is 3.67. The van der Waals surface area contributed by atoms with Crippen molar-refractivity contribution >= 4 is 11.8 Å². The minimum atomic E-state index is -0.266. The van der Waals surface area contributed by atoms with Gasteiger partial charge in [-0.3, -0.25) is 9.47 Å². The number of piperidine rings is 1. The van der Waals surface area contributed by atoms with Gasteiger partial charge in [0.05, 0.1) is 11.8 Å². The van der Waals surface area contributed by atoms with E-state index in [1.807, 2.05) is 25.3 Å². The van der Waals surface area contributed by atoms with E-state index in [9.17, 15) is 4.39 Å². The zero-order chi connectivity index (χ0) is 22.0. The number of nitrogens with zero attached hydrogens (tertiary/aromatic N) is 6. The number of halogens is 1. The normalized spacial score (nSPS) is 16.5. The van der Waals surface area contributed by atoms with E-state index in [0.29, 0.717) is 17.5 Å². The zero-order valence-electron chi connectivity index (χ0n) is 18.5. The molecule has 0 saturated carbocycles. The van der Waals surface area contributed by atoms with Crippen molar-refractivity contribution in [1.29, 1.82) is 0 Å². The smallest absolute Gasteiger partial charge is 0.237 e. The highest BCUT2D eigenvalue weighted by atomic mass is 32.2. The van der Waals surface area contributed by atoms with Crippen LogP contribution in [0.5, 0.6) is 0 Å². The van der Waals surface area contributed by atoms with Crippen molar-refractivity contribution in [2.24, 2.45) is 0 Å². The lowest BCUT2D eigenvalue weighted by Crippen LogP contribution is -2.33. The highest BCUT2D eigenvalue weighted by molar-refractivity contribution is 7.98. The molecule has 1 atom stereocenters. The molecule has 0 bridgehead atoms. The van der Waals surface area contributed by atoms with E-state index in [0.717, 1.165) is 29.8 Å². The third-order valence-corrected chi connectivity index (χ3v) is 6.43. The summed E-state index contributed by atoms with van der Waals surface area (Å²) in [6.45, 7) is 10.4. The molecule has 2 aromatic heterocycles. The maximum atomic E-state index is 13.6. The van der Waals surface area contributed by atoms with Crippen LogP contribution in [0.1, 0.15) is 70.5 Å². The molecule has 4 rings (SSSR count). The second kappa shape index (κ2) is 9.08. The Morgan fingerprint density at radius 2 is 1.81 bits per heavy atom. The molecule has 0 N–H and O–H groups in total. The van der Waals surface area contributed by atoms with Gasteiger partial charge < -0.3 is 4.52 Å². The lowest BCUT2D eigenvalue weighted by molar-refractivity contribution is 0.167. The summed E-state index contributed by atoms with van der Waals surface area (Å²) < 4.78 is 21.0. The van der Waals surface area contributed by atoms with Gasteiger partial charge in [-0.1, -0.05) is 44.1 Å². The second-order valence-electron chi connectivity index (χ2n) is 8.98. The number of hydrogen-bond donors (Lipinski definition) is 0. The van der Waals surface area contributed by atoms with Crippen LogP contribution < -0.4 is 0 Å². The van der Waals surface area contributed by atoms with Gasteiger partial charge in [-0.2, -0.15) is 4.98 Å². The molecule has 1 fully saturated rings. The standard InChI is InChI=1S/C22H29FN6OS/c1-15(28-12-6-5-7-13-28)19-25-26-21(29(19)17-10-8-16(23)9-11-17)31-14-18-24-20(27-30-18)22(2,3)4/h8-11,15H,5-7,12-14H2,1-4H3/t15-/m1/s1. The zero-order valence-corrected chi connectivity index (χ0v) is 19.3. The highest BCUT2D eigenvalue weighted by Gasteiger charge is 2.26. The van der Waals surface area contributed by atoms with Crippen LogP contribution in [0.4, 0.5) is 4.39 Å². The van der Waals surface area contributed by atoms with Gasteiger partial charge in [-0.15, -0.1) is 10.2 Å². The first-order valence-corrected chi connectivity index (χ1v) is 11.7. The Morgan fingerprint density at radius 1 is 1.10 bits per heavy atom. The van der Waals surface area contributed by atoms with Crippen LogP contribution in [-0.2, 0) is 11.2 Å². The third-order valence-electron chi connectivity index (χ3n) is 5.52. The van der Waals surface area contributed by atoms with Gasteiger partial charge in [0.25, 0.3) is 0 Å². The van der Waals surface area contributed by atoms with Crippen LogP contribution in [0.25, 0.3) is 5.69 Å². The van der Waals surface area contributed by atoms with E-state index < -0.39 is 0 Å². The average Bonchev–Trinajstić information content (AvgIpc) is 3.40. The van der Waals surface area contributed by atoms with Crippen LogP contribution in [-0.4, -0.2) is 42.9 Å². The Balaban J connectivity index is 1.61. The largest absolute Gasteiger partial charge is 0.338 e. The maximum absolute atomic E-state index is 13.6. The number of likely N-dealkylation sites (tertiary alicyclic amines) is 1. The lowest BCUT2D eigenvalue weighted by atomic mass is 9.96. The molecule has 9 heteroatoms. The van der Waals surface area contributed by atoms with Crippen LogP contribution in [0.2, 0.25) is 0 Å². The van der Waals surface area contributed by atoms with Crippen molar-refractivity contribution in [2.45, 2.75) is 69.3 Å². The van der Waals surface area contributed by atoms with E-state index in [4.69, 9.17) is 4.52 Å². The minimum Gasteiger partial charge on any atom is -0.338 e. The topological polar surface area (TPSA) is 72.9 Å². The van der Waals surface area contributed by atoms with E-state index >= 15 is 0 Å². The predicted molar refractivity (Wildman–Crippen MR) is 118 cm³/mol. The Hall–Kier alpha value is -2.26. The number of thioether (sulfide) groups is 1. The summed E-state index contributed by atoms with van der Waals surface area (Å²) >= 11 is 1.49. The fourth-order valence-corrected chi connectivity index (χ4v) is 4.49. The monoisotopic (exact) mass is 444 g/mol. The minimum absolute atomic E-state index is 0.114. The Kier molecular flexibility index (Phi) is 6.43. The molecule has 0 amide bonds. The molecule has 1 aliphatic heterocycles. The number of hydrogen-bond acceptors (Lipinski definition) is 7. The van der Waals surface area contributed by atoms with Gasteiger partial charge >= 0.3 is 0 Å². The van der Waals surface area contributed by atoms with Crippen molar-refractivity contribution in [3.8, 4) is 5.69 Å². The quantitative estimate of drug-likeness (QED) is 0.499. The Labute approximate surface area is 186 Å². The molecule has 0 spiro atoms. The molecule has 1 saturated heterocycles. The third kappa shape index (κ3) is 4.98. The van der Waals surface area contributed by atoms with Crippen molar-refractivity contribution in [3.05, 3.63) is 47.6 Å². The van der Waals surface area contributed by atoms with Gasteiger partial charge in [0.2, 0.25) is 5.89 Å². The van der Waals surface area contributed by atoms with Crippen molar-refractivity contribution in [2.75, 3.05) is 13.1 Å². The molecule has 3 aromatic rings. The first kappa shape index (κ1) is 22.0. The average molecular weight is 445 g/mol. The van der Waals surface area contributed by atoms with E-state index in [1.54, 1.807) is 12.1 Å². The molecule has 3 heterocycles. The fourth-order valence-electron chi connectivity index (χ4n) is 3.69. The number of benzene rings is 1. The lowest BCUT2D eigenvalue weighted by Gasteiger charge is -2.31. The molecular formula is C22H29FN6OS. The van der Waals surface area contributed by atoms with Gasteiger partial charge in [0.15, 0.2) is 16.8 Å². The van der Waals surface area contributed by atoms with Crippen LogP contribution in [0.3, 0.4) is 0 Å². The van der Waals surface area contributed by atoms with E-state index in [1.165, 1.54) is 43.2 Å². The summed E-state index contributed by atoms with van der Waals surface area (Å²) in [5.41, 5.74) is 0.672. The summed E-state index contributed by atoms with van der Waals surface area (Å²) in [5, 5.41) is 13.8. The van der Waals surface area contributed by atoms with Crippen LogP contribution in [0, 0.1) is 5.82 Å². The molecule has 1 aliphatic rings. The van der Waals surface area contributed by atoms with Crippen LogP contribution >= 0.6 is 11.8 Å². The number of rotatable bonds is 6. The Morgan fingerprint density at radius 3 is 2.45 bits per heavy atom. The first-order chi connectivity index (χ1) is 14.8. The molecule has 0 unspecified atom stereocenters. The molecule has 1 aromatic carbocycles. The van der Waals surface area contributed by atoms with E-state index in [2.05, 4.69) is 32.2 Å². The fraction of sp³-hybridized carbons (Fsp3) is 0.545. The van der Waals surface area contributed by atoms with E-state index in [-0.39, 0.29) is 17.3 Å². The first-order valence-electron chi connectivity index (χ1n) is 10.7. The Bertz CT molecular complexity index is 1000. The summed E-state index contributed by atoms with van der Waals surface area (Å²) in [7, 11) is 0. The summed E-state index contributed by atoms with van der Waals surface area (Å²) in [5.74, 6) is 2.31. The van der Waals surface area contributed by atoms with Gasteiger partial charge in [0.1, 0.15) is 5.82 Å². The maximum Gasteiger partial charge on any atom is 0.237 e. The van der Waals surface area contributed by atoms with Crippen molar-refractivity contribution < 1.29 is 8.91 Å². The summed E-state index contributed by atoms with van der Waals surface area (Å²) in [6, 6.07) is 6.57. The summed E-state index contributed by atoms with van der Waals surface area (Å²) in [4.78, 5) is 6.95. The van der Waals surface area contributed by atoms with Crippen molar-refractivity contribution in [1.82, 2.24) is 29.8 Å². The molecule has 7 nitrogen and oxygen atoms in total. The molecule has 0 aliphatic carbocycles.